The fraction of sp³-hybridized carbons (Fsp3) is 0.350. The Morgan fingerprint density at radius 1 is 1.10 bits per heavy atom. The average Bonchev–Trinajstić information content (AvgIpc) is 3.13. The molecule has 0 radical (unpaired) electrons. The molecule has 1 aromatic carbocycles. The molecule has 2 aromatic heterocycles. The average molecular weight is 460 g/mol. The van der Waals surface area contributed by atoms with Crippen LogP contribution in [0.15, 0.2) is 41.4 Å². The highest BCUT2D eigenvalue weighted by Gasteiger charge is 2.17. The number of methoxy groups -OCH3 is 1. The van der Waals surface area contributed by atoms with Gasteiger partial charge >= 0.3 is 0 Å². The van der Waals surface area contributed by atoms with E-state index in [0.717, 1.165) is 45.8 Å². The maximum atomic E-state index is 5.67. The minimum atomic E-state index is 0.498. The summed E-state index contributed by atoms with van der Waals surface area (Å²) >= 11 is 3.36. The van der Waals surface area contributed by atoms with Crippen molar-refractivity contribution in [2.45, 2.75) is 0 Å². The molecule has 0 atom stereocenters. The first-order valence-electron chi connectivity index (χ1n) is 9.19. The highest BCUT2D eigenvalue weighted by Crippen LogP contribution is 2.39. The molecule has 0 aliphatic rings. The molecule has 2 heterocycles. The zero-order chi connectivity index (χ0) is 21.0. The van der Waals surface area contributed by atoms with Crippen LogP contribution in [0.3, 0.4) is 0 Å². The monoisotopic (exact) mass is 459 g/mol. The lowest BCUT2D eigenvalue weighted by Crippen LogP contribution is -2.28. The Hall–Kier alpha value is -2.65. The molecule has 9 heteroatoms. The first-order valence-corrected chi connectivity index (χ1v) is 9.98. The van der Waals surface area contributed by atoms with E-state index in [9.17, 15) is 0 Å². The quantitative estimate of drug-likeness (QED) is 0.553. The molecule has 29 heavy (non-hydrogen) atoms. The Morgan fingerprint density at radius 2 is 1.83 bits per heavy atom. The van der Waals surface area contributed by atoms with Crippen LogP contribution in [0.2, 0.25) is 0 Å². The largest absolute Gasteiger partial charge is 0.494 e. The van der Waals surface area contributed by atoms with Crippen molar-refractivity contribution in [2.75, 3.05) is 51.6 Å². The molecule has 0 saturated heterocycles. The van der Waals surface area contributed by atoms with Crippen LogP contribution in [0.25, 0.3) is 11.1 Å². The lowest BCUT2D eigenvalue weighted by atomic mass is 10.0. The van der Waals surface area contributed by atoms with Gasteiger partial charge in [0.25, 0.3) is 0 Å². The van der Waals surface area contributed by atoms with E-state index in [0.29, 0.717) is 5.95 Å². The number of hydrogen-bond acceptors (Lipinski definition) is 7. The Labute approximate surface area is 179 Å². The van der Waals surface area contributed by atoms with Gasteiger partial charge in [0.15, 0.2) is 0 Å². The number of nitrogens with zero attached hydrogens (tertiary/aromatic N) is 6. The number of anilines is 3. The SMILES string of the molecule is COc1cc(N(C)CCN(C)C)c(-c2cnn(C)c2)cc1Nc1ncc(Br)cn1. The van der Waals surface area contributed by atoms with Crippen LogP contribution >= 0.6 is 15.9 Å². The predicted octanol–water partition coefficient (Wildman–Crippen LogP) is 3.39. The summed E-state index contributed by atoms with van der Waals surface area (Å²) in [4.78, 5) is 13.0. The molecule has 3 aromatic rings. The highest BCUT2D eigenvalue weighted by atomic mass is 79.9. The van der Waals surface area contributed by atoms with Crippen LogP contribution in [0.5, 0.6) is 5.75 Å². The molecule has 0 amide bonds. The lowest BCUT2D eigenvalue weighted by molar-refractivity contribution is 0.413. The number of ether oxygens (including phenoxy) is 1. The normalized spacial score (nSPS) is 11.0. The smallest absolute Gasteiger partial charge is 0.227 e. The van der Waals surface area contributed by atoms with Gasteiger partial charge in [0.1, 0.15) is 5.75 Å². The van der Waals surface area contributed by atoms with E-state index in [4.69, 9.17) is 4.74 Å². The van der Waals surface area contributed by atoms with Gasteiger partial charge in [-0.15, -0.1) is 0 Å². The van der Waals surface area contributed by atoms with Crippen molar-refractivity contribution in [1.82, 2.24) is 24.6 Å². The van der Waals surface area contributed by atoms with E-state index in [-0.39, 0.29) is 0 Å². The summed E-state index contributed by atoms with van der Waals surface area (Å²) in [5.41, 5.74) is 3.94. The van der Waals surface area contributed by atoms with Crippen LogP contribution in [-0.4, -0.2) is 66.0 Å². The molecule has 3 rings (SSSR count). The van der Waals surface area contributed by atoms with Gasteiger partial charge < -0.3 is 19.9 Å². The fourth-order valence-electron chi connectivity index (χ4n) is 2.91. The van der Waals surface area contributed by atoms with Gasteiger partial charge in [-0.25, -0.2) is 9.97 Å². The molecule has 0 saturated carbocycles. The molecule has 1 N–H and O–H groups in total. The van der Waals surface area contributed by atoms with Crippen LogP contribution in [0.1, 0.15) is 0 Å². The maximum absolute atomic E-state index is 5.67. The van der Waals surface area contributed by atoms with Gasteiger partial charge in [-0.3, -0.25) is 4.68 Å². The van der Waals surface area contributed by atoms with E-state index >= 15 is 0 Å². The van der Waals surface area contributed by atoms with E-state index in [1.54, 1.807) is 24.2 Å². The van der Waals surface area contributed by atoms with E-state index in [1.807, 2.05) is 25.5 Å². The maximum Gasteiger partial charge on any atom is 0.227 e. The molecule has 0 bridgehead atoms. The van der Waals surface area contributed by atoms with Gasteiger partial charge in [0.05, 0.1) is 23.5 Å². The van der Waals surface area contributed by atoms with Crippen molar-refractivity contribution in [3.8, 4) is 16.9 Å². The third-order valence-electron chi connectivity index (χ3n) is 4.49. The number of likely N-dealkylation sites (N-methyl/N-ethyl adjacent to an activating group) is 2. The van der Waals surface area contributed by atoms with E-state index < -0.39 is 0 Å². The summed E-state index contributed by atoms with van der Waals surface area (Å²) in [6.07, 6.45) is 7.27. The van der Waals surface area contributed by atoms with E-state index in [2.05, 4.69) is 73.3 Å². The molecule has 154 valence electrons. The first kappa shape index (κ1) is 21.1. The van der Waals surface area contributed by atoms with Crippen molar-refractivity contribution >= 4 is 33.3 Å². The second-order valence-corrected chi connectivity index (χ2v) is 7.96. The highest BCUT2D eigenvalue weighted by molar-refractivity contribution is 9.10. The molecule has 0 fully saturated rings. The fourth-order valence-corrected chi connectivity index (χ4v) is 3.12. The summed E-state index contributed by atoms with van der Waals surface area (Å²) in [6.45, 7) is 1.82. The van der Waals surface area contributed by atoms with Crippen molar-refractivity contribution in [1.29, 1.82) is 0 Å². The van der Waals surface area contributed by atoms with Gasteiger partial charge in [0.2, 0.25) is 5.95 Å². The van der Waals surface area contributed by atoms with E-state index in [1.165, 1.54) is 0 Å². The summed E-state index contributed by atoms with van der Waals surface area (Å²) in [5, 5.41) is 7.60. The summed E-state index contributed by atoms with van der Waals surface area (Å²) in [6, 6.07) is 4.10. The van der Waals surface area contributed by atoms with Crippen LogP contribution in [0, 0.1) is 0 Å². The summed E-state index contributed by atoms with van der Waals surface area (Å²) in [7, 11) is 9.81. The minimum Gasteiger partial charge on any atom is -0.494 e. The predicted molar refractivity (Wildman–Crippen MR) is 120 cm³/mol. The van der Waals surface area contributed by atoms with Crippen molar-refractivity contribution in [3.63, 3.8) is 0 Å². The molecular formula is C20H26BrN7O. The molecule has 0 aliphatic heterocycles. The number of rotatable bonds is 8. The second-order valence-electron chi connectivity index (χ2n) is 7.05. The van der Waals surface area contributed by atoms with Gasteiger partial charge in [-0.2, -0.15) is 5.10 Å². The Morgan fingerprint density at radius 3 is 2.41 bits per heavy atom. The summed E-state index contributed by atoms with van der Waals surface area (Å²) in [5.74, 6) is 1.22. The Kier molecular flexibility index (Phi) is 6.71. The second kappa shape index (κ2) is 9.23. The van der Waals surface area contributed by atoms with Crippen molar-refractivity contribution in [2.24, 2.45) is 7.05 Å². The minimum absolute atomic E-state index is 0.498. The topological polar surface area (TPSA) is 71.3 Å². The Balaban J connectivity index is 2.04. The van der Waals surface area contributed by atoms with Gasteiger partial charge in [-0.05, 0) is 36.1 Å². The van der Waals surface area contributed by atoms with Crippen molar-refractivity contribution in [3.05, 3.63) is 41.4 Å². The van der Waals surface area contributed by atoms with Crippen LogP contribution in [0.4, 0.5) is 17.3 Å². The number of benzene rings is 1. The first-order chi connectivity index (χ1) is 13.9. The number of halogens is 1. The zero-order valence-electron chi connectivity index (χ0n) is 17.3. The molecule has 0 spiro atoms. The van der Waals surface area contributed by atoms with Crippen LogP contribution < -0.4 is 15.0 Å². The Bertz CT molecular complexity index is 956. The number of hydrogen-bond donors (Lipinski definition) is 1. The lowest BCUT2D eigenvalue weighted by Gasteiger charge is -2.25. The molecule has 8 nitrogen and oxygen atoms in total. The standard InChI is InChI=1S/C20H26BrN7O/c1-26(2)6-7-27(3)18-9-19(29-5)17(25-20-22-11-15(21)12-23-20)8-16(18)14-10-24-28(4)13-14/h8-13H,6-7H2,1-5H3,(H,22,23,25). The number of nitrogens with one attached hydrogen (secondary N) is 1. The third-order valence-corrected chi connectivity index (χ3v) is 4.90. The number of aryl methyl sites for hydroxylation is 1. The van der Waals surface area contributed by atoms with Gasteiger partial charge in [-0.1, -0.05) is 0 Å². The van der Waals surface area contributed by atoms with Gasteiger partial charge in [0, 0.05) is 68.7 Å². The molecule has 0 aliphatic carbocycles. The zero-order valence-corrected chi connectivity index (χ0v) is 18.9. The van der Waals surface area contributed by atoms with Crippen LogP contribution in [-0.2, 0) is 7.05 Å². The molecule has 0 unspecified atom stereocenters. The third kappa shape index (κ3) is 5.24. The summed E-state index contributed by atoms with van der Waals surface area (Å²) < 4.78 is 8.29. The number of aromatic nitrogens is 4. The van der Waals surface area contributed by atoms with Crippen molar-refractivity contribution < 1.29 is 4.74 Å². The molecular weight excluding hydrogens is 434 g/mol.